The summed E-state index contributed by atoms with van der Waals surface area (Å²) in [6.45, 7) is 3.34. The maximum absolute atomic E-state index is 14.1. The Bertz CT molecular complexity index is 1100. The molecule has 2 aromatic rings. The number of carbonyl (C=O) groups excluding carboxylic acids is 2. The summed E-state index contributed by atoms with van der Waals surface area (Å²) < 4.78 is 38.0. The van der Waals surface area contributed by atoms with Gasteiger partial charge in [0.25, 0.3) is 5.91 Å². The zero-order valence-electron chi connectivity index (χ0n) is 20.9. The topological polar surface area (TPSA) is 96.7 Å². The van der Waals surface area contributed by atoms with E-state index in [2.05, 4.69) is 20.7 Å². The highest BCUT2D eigenvalue weighted by molar-refractivity contribution is 5.94. The minimum absolute atomic E-state index is 0.0156. The van der Waals surface area contributed by atoms with Crippen molar-refractivity contribution < 1.29 is 27.6 Å². The van der Waals surface area contributed by atoms with Crippen molar-refractivity contribution in [2.75, 3.05) is 32.8 Å². The lowest BCUT2D eigenvalue weighted by Gasteiger charge is -2.43. The second kappa shape index (κ2) is 11.7. The van der Waals surface area contributed by atoms with E-state index >= 15 is 0 Å². The summed E-state index contributed by atoms with van der Waals surface area (Å²) in [7, 11) is 0. The molecule has 1 aromatic heterocycles. The average Bonchev–Trinajstić information content (AvgIpc) is 3.61. The molecule has 1 aromatic carbocycles. The van der Waals surface area contributed by atoms with E-state index in [1.54, 1.807) is 0 Å². The molecule has 3 fully saturated rings. The van der Waals surface area contributed by atoms with Gasteiger partial charge in [-0.05, 0) is 37.8 Å². The van der Waals surface area contributed by atoms with Gasteiger partial charge in [-0.3, -0.25) is 14.5 Å². The molecule has 10 heteroatoms. The van der Waals surface area contributed by atoms with Gasteiger partial charge in [0.05, 0.1) is 18.1 Å². The number of nitrogens with zero attached hydrogens (tertiary/aromatic N) is 2. The molecule has 2 aliphatic heterocycles. The van der Waals surface area contributed by atoms with Crippen LogP contribution < -0.4 is 10.6 Å². The molecule has 8 nitrogen and oxygen atoms in total. The molecule has 3 aliphatic rings. The van der Waals surface area contributed by atoms with Gasteiger partial charge < -0.3 is 19.9 Å². The van der Waals surface area contributed by atoms with Crippen molar-refractivity contribution in [2.45, 2.75) is 57.0 Å². The van der Waals surface area contributed by atoms with Gasteiger partial charge in [-0.15, -0.1) is 0 Å². The molecule has 0 bridgehead atoms. The highest BCUT2D eigenvalue weighted by atomic mass is 19.1. The molecule has 3 atom stereocenters. The minimum atomic E-state index is -0.803. The molecule has 1 saturated carbocycles. The highest BCUT2D eigenvalue weighted by Crippen LogP contribution is 2.29. The van der Waals surface area contributed by atoms with E-state index in [0.717, 1.165) is 44.5 Å². The molecule has 0 spiro atoms. The van der Waals surface area contributed by atoms with Gasteiger partial charge in [0.2, 0.25) is 5.91 Å². The Morgan fingerprint density at radius 1 is 1.08 bits per heavy atom. The molecule has 5 rings (SSSR count). The molecule has 1 aliphatic carbocycles. The summed E-state index contributed by atoms with van der Waals surface area (Å²) in [6.07, 6.45) is 7.55. The lowest BCUT2D eigenvalue weighted by atomic mass is 9.87. The number of hydrogen-bond donors (Lipinski definition) is 2. The summed E-state index contributed by atoms with van der Waals surface area (Å²) in [5, 5.41) is 9.87. The smallest absolute Gasteiger partial charge is 0.273 e. The van der Waals surface area contributed by atoms with Crippen molar-refractivity contribution in [3.8, 4) is 11.3 Å². The van der Waals surface area contributed by atoms with Crippen molar-refractivity contribution in [1.29, 1.82) is 0 Å². The third kappa shape index (κ3) is 6.18. The van der Waals surface area contributed by atoms with Crippen molar-refractivity contribution >= 4 is 11.8 Å². The Hall–Kier alpha value is -2.85. The summed E-state index contributed by atoms with van der Waals surface area (Å²) in [4.78, 5) is 28.8. The van der Waals surface area contributed by atoms with Crippen LogP contribution in [0.25, 0.3) is 11.3 Å². The van der Waals surface area contributed by atoms with Crippen LogP contribution in [0.15, 0.2) is 28.8 Å². The van der Waals surface area contributed by atoms with Crippen LogP contribution in [-0.2, 0) is 9.53 Å². The van der Waals surface area contributed by atoms with E-state index in [0.29, 0.717) is 38.1 Å². The fourth-order valence-corrected chi connectivity index (χ4v) is 5.75. The van der Waals surface area contributed by atoms with Gasteiger partial charge in [0, 0.05) is 56.4 Å². The van der Waals surface area contributed by atoms with Crippen LogP contribution >= 0.6 is 0 Å². The summed E-state index contributed by atoms with van der Waals surface area (Å²) >= 11 is 0. The van der Waals surface area contributed by atoms with Gasteiger partial charge in [0.15, 0.2) is 11.5 Å². The third-order valence-corrected chi connectivity index (χ3v) is 7.92. The predicted octanol–water partition coefficient (Wildman–Crippen LogP) is 3.53. The van der Waals surface area contributed by atoms with Gasteiger partial charge in [-0.25, -0.2) is 8.78 Å². The van der Waals surface area contributed by atoms with E-state index in [4.69, 9.17) is 9.26 Å². The summed E-state index contributed by atoms with van der Waals surface area (Å²) in [5.41, 5.74) is -0.00224. The number of likely N-dealkylation sites (tertiary alicyclic amines) is 1. The number of piperidine rings is 1. The van der Waals surface area contributed by atoms with E-state index in [9.17, 15) is 18.4 Å². The average molecular weight is 517 g/mol. The van der Waals surface area contributed by atoms with Crippen LogP contribution in [0.4, 0.5) is 8.78 Å². The number of aromatic nitrogens is 1. The highest BCUT2D eigenvalue weighted by Gasteiger charge is 2.38. The van der Waals surface area contributed by atoms with Gasteiger partial charge >= 0.3 is 0 Å². The van der Waals surface area contributed by atoms with E-state index in [1.165, 1.54) is 31.4 Å². The third-order valence-electron chi connectivity index (χ3n) is 7.92. The fourth-order valence-electron chi connectivity index (χ4n) is 5.75. The van der Waals surface area contributed by atoms with Crippen LogP contribution in [0.1, 0.15) is 55.4 Å². The first kappa shape index (κ1) is 25.8. The van der Waals surface area contributed by atoms with Gasteiger partial charge in [-0.2, -0.15) is 0 Å². The Balaban J connectivity index is 1.27. The number of carbonyl (C=O) groups is 2. The van der Waals surface area contributed by atoms with Crippen molar-refractivity contribution in [3.05, 3.63) is 41.6 Å². The Morgan fingerprint density at radius 2 is 1.92 bits per heavy atom. The van der Waals surface area contributed by atoms with Crippen LogP contribution in [0.3, 0.4) is 0 Å². The maximum Gasteiger partial charge on any atom is 0.273 e. The molecular weight excluding hydrogens is 482 g/mol. The monoisotopic (exact) mass is 516 g/mol. The molecule has 200 valence electrons. The predicted molar refractivity (Wildman–Crippen MR) is 132 cm³/mol. The molecule has 2 saturated heterocycles. The van der Waals surface area contributed by atoms with E-state index in [1.807, 2.05) is 0 Å². The largest absolute Gasteiger partial charge is 0.381 e. The standard InChI is InChI=1S/C27H34F2N4O4/c28-18-6-7-20(22(29)12-18)25-13-24(32-37-25)27(35)31-23-8-10-33(19-4-2-1-3-5-19)15-21(23)26(34)30-14-17-9-11-36-16-17/h6-7,12-13,17,19,21,23H,1-5,8-11,14-16H2,(H,30,34)(H,31,35)/t17?,21-,23-/m1/s1. The van der Waals surface area contributed by atoms with E-state index < -0.39 is 23.5 Å². The molecule has 1 unspecified atom stereocenters. The minimum Gasteiger partial charge on any atom is -0.381 e. The Kier molecular flexibility index (Phi) is 8.14. The van der Waals surface area contributed by atoms with E-state index in [-0.39, 0.29) is 29.0 Å². The first-order valence-corrected chi connectivity index (χ1v) is 13.3. The first-order valence-electron chi connectivity index (χ1n) is 13.3. The second-order valence-corrected chi connectivity index (χ2v) is 10.4. The molecule has 3 heterocycles. The quantitative estimate of drug-likeness (QED) is 0.585. The maximum atomic E-state index is 14.1. The Labute approximate surface area is 215 Å². The van der Waals surface area contributed by atoms with Crippen LogP contribution in [-0.4, -0.2) is 66.8 Å². The first-order chi connectivity index (χ1) is 18.0. The summed E-state index contributed by atoms with van der Waals surface area (Å²) in [6, 6.07) is 4.55. The molecule has 37 heavy (non-hydrogen) atoms. The number of hydrogen-bond acceptors (Lipinski definition) is 6. The molecular formula is C27H34F2N4O4. The zero-order chi connectivity index (χ0) is 25.8. The number of ether oxygens (including phenoxy) is 1. The summed E-state index contributed by atoms with van der Waals surface area (Å²) in [5.74, 6) is -2.12. The lowest BCUT2D eigenvalue weighted by Crippen LogP contribution is -2.58. The molecule has 0 radical (unpaired) electrons. The SMILES string of the molecule is O=C(N[C@@H]1CCN(C2CCCCC2)C[C@H]1C(=O)NCC1CCOC1)c1cc(-c2ccc(F)cc2F)on1. The second-order valence-electron chi connectivity index (χ2n) is 10.4. The molecule has 2 amide bonds. The van der Waals surface area contributed by atoms with Gasteiger partial charge in [-0.1, -0.05) is 24.4 Å². The number of halogens is 2. The van der Waals surface area contributed by atoms with Crippen LogP contribution in [0.2, 0.25) is 0 Å². The van der Waals surface area contributed by atoms with Crippen molar-refractivity contribution in [1.82, 2.24) is 20.7 Å². The zero-order valence-corrected chi connectivity index (χ0v) is 20.9. The lowest BCUT2D eigenvalue weighted by molar-refractivity contribution is -0.128. The van der Waals surface area contributed by atoms with Crippen LogP contribution in [0.5, 0.6) is 0 Å². The van der Waals surface area contributed by atoms with Crippen LogP contribution in [0, 0.1) is 23.5 Å². The Morgan fingerprint density at radius 3 is 2.68 bits per heavy atom. The van der Waals surface area contributed by atoms with Gasteiger partial charge in [0.1, 0.15) is 11.6 Å². The molecule has 2 N–H and O–H groups in total. The van der Waals surface area contributed by atoms with Crippen molar-refractivity contribution in [2.24, 2.45) is 11.8 Å². The number of benzene rings is 1. The number of rotatable bonds is 7. The van der Waals surface area contributed by atoms with Crippen molar-refractivity contribution in [3.63, 3.8) is 0 Å². The normalized spacial score (nSPS) is 25.2. The fraction of sp³-hybridized carbons (Fsp3) is 0.593. The number of nitrogens with one attached hydrogen (secondary N) is 2. The number of amides is 2.